The molecule has 39 heavy (non-hydrogen) atoms. The van der Waals surface area contributed by atoms with E-state index in [4.69, 9.17) is 0 Å². The van der Waals surface area contributed by atoms with Crippen molar-refractivity contribution >= 4 is 37.4 Å². The first kappa shape index (κ1) is 29.1. The second kappa shape index (κ2) is 11.7. The molecule has 12 nitrogen and oxygen atoms in total. The number of rotatable bonds is 10. The monoisotopic (exact) mass is 582 g/mol. The van der Waals surface area contributed by atoms with Gasteiger partial charge >= 0.3 is 5.97 Å². The number of nitrogens with zero attached hydrogens (tertiary/aromatic N) is 2. The third-order valence-corrected chi connectivity index (χ3v) is 9.61. The molecule has 2 saturated heterocycles. The van der Waals surface area contributed by atoms with Crippen molar-refractivity contribution < 1.29 is 36.9 Å². The summed E-state index contributed by atoms with van der Waals surface area (Å²) in [6.45, 7) is 1.87. The minimum absolute atomic E-state index is 0.00306. The highest BCUT2D eigenvalue weighted by Gasteiger charge is 2.39. The normalized spacial score (nSPS) is 20.2. The molecular weight excluding hydrogens is 548 g/mol. The molecule has 2 aromatic rings. The largest absolute Gasteiger partial charge is 0.506 e. The minimum atomic E-state index is -3.89. The number of phenolic OH excluding ortho intramolecular Hbond substituents is 1. The smallest absolute Gasteiger partial charge is 0.322 e. The van der Waals surface area contributed by atoms with Crippen molar-refractivity contribution in [2.45, 2.75) is 48.8 Å². The predicted octanol–water partition coefficient (Wildman–Crippen LogP) is 1.29. The summed E-state index contributed by atoms with van der Waals surface area (Å²) in [7, 11) is -7.47. The molecule has 0 spiro atoms. The van der Waals surface area contributed by atoms with Gasteiger partial charge in [0.15, 0.2) is 0 Å². The van der Waals surface area contributed by atoms with Gasteiger partial charge in [0, 0.05) is 37.9 Å². The molecule has 2 heterocycles. The lowest BCUT2D eigenvalue weighted by Gasteiger charge is -2.34. The summed E-state index contributed by atoms with van der Waals surface area (Å²) in [6, 6.07) is 9.90. The number of carbonyl (C=O) groups is 1. The van der Waals surface area contributed by atoms with Gasteiger partial charge in [-0.05, 0) is 67.6 Å². The Bertz CT molecular complexity index is 1390. The molecule has 2 aliphatic heterocycles. The molecule has 2 fully saturated rings. The van der Waals surface area contributed by atoms with Crippen molar-refractivity contribution in [2.75, 3.05) is 42.1 Å². The van der Waals surface area contributed by atoms with E-state index >= 15 is 0 Å². The third kappa shape index (κ3) is 7.00. The van der Waals surface area contributed by atoms with E-state index in [9.17, 15) is 36.9 Å². The number of aromatic hydroxyl groups is 1. The van der Waals surface area contributed by atoms with Gasteiger partial charge in [0.1, 0.15) is 11.8 Å². The van der Waals surface area contributed by atoms with Crippen LogP contribution in [0.1, 0.15) is 37.4 Å². The minimum Gasteiger partial charge on any atom is -0.506 e. The van der Waals surface area contributed by atoms with Crippen LogP contribution in [0.25, 0.3) is 0 Å². The number of aliphatic carboxylic acids is 1. The quantitative estimate of drug-likeness (QED) is 0.257. The number of aliphatic hydroxyl groups excluding tert-OH is 1. The van der Waals surface area contributed by atoms with Crippen LogP contribution in [0.2, 0.25) is 0 Å². The Morgan fingerprint density at radius 1 is 1.03 bits per heavy atom. The van der Waals surface area contributed by atoms with Gasteiger partial charge in [-0.2, -0.15) is 4.31 Å². The summed E-state index contributed by atoms with van der Waals surface area (Å²) in [4.78, 5) is 13.7. The number of phenols is 1. The molecule has 2 atom stereocenters. The SMILES string of the molecule is CS(=O)(=O)Nc1cc([C@@H](O)CNC2CCN(c3ccc(S(=O)(=O)N4CCC[C@H]4C(=O)O)cc3)CC2)ccc1O. The molecule has 0 saturated carbocycles. The number of hydrogen-bond acceptors (Lipinski definition) is 9. The van der Waals surface area contributed by atoms with Crippen molar-refractivity contribution in [2.24, 2.45) is 0 Å². The lowest BCUT2D eigenvalue weighted by atomic mass is 10.0. The Hall–Kier alpha value is -2.91. The average molecular weight is 583 g/mol. The van der Waals surface area contributed by atoms with Gasteiger partial charge in [0.05, 0.1) is 22.9 Å². The molecule has 0 aromatic heterocycles. The molecular formula is C25H34N4O8S2. The van der Waals surface area contributed by atoms with Gasteiger partial charge in [-0.15, -0.1) is 0 Å². The number of carboxylic acids is 1. The van der Waals surface area contributed by atoms with Gasteiger partial charge in [0.2, 0.25) is 20.0 Å². The Balaban J connectivity index is 1.30. The van der Waals surface area contributed by atoms with Crippen LogP contribution >= 0.6 is 0 Å². The maximum atomic E-state index is 13.0. The second-order valence-electron chi connectivity index (χ2n) is 9.94. The molecule has 0 amide bonds. The summed E-state index contributed by atoms with van der Waals surface area (Å²) < 4.78 is 52.3. The lowest BCUT2D eigenvalue weighted by Crippen LogP contribution is -2.43. The van der Waals surface area contributed by atoms with Crippen molar-refractivity contribution in [3.8, 4) is 5.75 Å². The van der Waals surface area contributed by atoms with Gasteiger partial charge in [0.25, 0.3) is 0 Å². The second-order valence-corrected chi connectivity index (χ2v) is 13.6. The number of nitrogens with one attached hydrogen (secondary N) is 2. The Morgan fingerprint density at radius 2 is 1.69 bits per heavy atom. The highest BCUT2D eigenvalue weighted by atomic mass is 32.2. The van der Waals surface area contributed by atoms with E-state index in [0.717, 1.165) is 29.1 Å². The van der Waals surface area contributed by atoms with Crippen molar-refractivity contribution in [1.29, 1.82) is 0 Å². The Morgan fingerprint density at radius 3 is 2.31 bits per heavy atom. The molecule has 0 bridgehead atoms. The maximum absolute atomic E-state index is 13.0. The van der Waals surface area contributed by atoms with Gasteiger partial charge in [-0.1, -0.05) is 6.07 Å². The maximum Gasteiger partial charge on any atom is 0.322 e. The molecule has 2 aromatic carbocycles. The predicted molar refractivity (Wildman–Crippen MR) is 146 cm³/mol. The van der Waals surface area contributed by atoms with Crippen LogP contribution in [0.4, 0.5) is 11.4 Å². The molecule has 14 heteroatoms. The summed E-state index contributed by atoms with van der Waals surface area (Å²) in [6.07, 6.45) is 2.47. The van der Waals surface area contributed by atoms with Crippen LogP contribution in [-0.4, -0.2) is 86.9 Å². The zero-order chi connectivity index (χ0) is 28.4. The number of anilines is 2. The number of carboxylic acid groups (broad SMARTS) is 1. The Labute approximate surface area is 228 Å². The van der Waals surface area contributed by atoms with E-state index in [1.807, 2.05) is 0 Å². The molecule has 0 radical (unpaired) electrons. The first-order valence-corrected chi connectivity index (χ1v) is 16.0. The van der Waals surface area contributed by atoms with Crippen LogP contribution in [0, 0.1) is 0 Å². The van der Waals surface area contributed by atoms with Gasteiger partial charge in [-0.25, -0.2) is 16.8 Å². The van der Waals surface area contributed by atoms with E-state index in [2.05, 4.69) is 14.9 Å². The fraction of sp³-hybridized carbons (Fsp3) is 0.480. The summed E-state index contributed by atoms with van der Waals surface area (Å²) >= 11 is 0. The first-order chi connectivity index (χ1) is 18.3. The fourth-order valence-corrected chi connectivity index (χ4v) is 7.23. The number of sulfonamides is 2. The summed E-state index contributed by atoms with van der Waals surface area (Å²) in [5.74, 6) is -1.36. The van der Waals surface area contributed by atoms with Crippen LogP contribution in [0.3, 0.4) is 0 Å². The Kier molecular flexibility index (Phi) is 8.71. The van der Waals surface area contributed by atoms with Crippen LogP contribution in [0.15, 0.2) is 47.4 Å². The molecule has 0 unspecified atom stereocenters. The van der Waals surface area contributed by atoms with Crippen LogP contribution < -0.4 is 14.9 Å². The van der Waals surface area contributed by atoms with E-state index in [-0.39, 0.29) is 35.5 Å². The average Bonchev–Trinajstić information content (AvgIpc) is 3.40. The lowest BCUT2D eigenvalue weighted by molar-refractivity contribution is -0.140. The fourth-order valence-electron chi connectivity index (χ4n) is 5.02. The van der Waals surface area contributed by atoms with E-state index in [0.29, 0.717) is 31.5 Å². The topological polar surface area (TPSA) is 177 Å². The van der Waals surface area contributed by atoms with Crippen LogP contribution in [0.5, 0.6) is 5.75 Å². The molecule has 214 valence electrons. The highest BCUT2D eigenvalue weighted by Crippen LogP contribution is 2.30. The molecule has 2 aliphatic rings. The van der Waals surface area contributed by atoms with Crippen LogP contribution in [-0.2, 0) is 24.8 Å². The zero-order valence-corrected chi connectivity index (χ0v) is 23.2. The summed E-state index contributed by atoms with van der Waals surface area (Å²) in [5, 5.41) is 33.2. The van der Waals surface area contributed by atoms with Gasteiger partial charge < -0.3 is 25.5 Å². The van der Waals surface area contributed by atoms with E-state index in [1.165, 1.54) is 30.3 Å². The number of aliphatic hydroxyl groups is 1. The molecule has 0 aliphatic carbocycles. The molecule has 4 rings (SSSR count). The first-order valence-electron chi connectivity index (χ1n) is 12.7. The number of benzene rings is 2. The van der Waals surface area contributed by atoms with Crippen molar-refractivity contribution in [3.05, 3.63) is 48.0 Å². The third-order valence-electron chi connectivity index (χ3n) is 7.09. The summed E-state index contributed by atoms with van der Waals surface area (Å²) in [5.41, 5.74) is 1.34. The van der Waals surface area contributed by atoms with Gasteiger partial charge in [-0.3, -0.25) is 9.52 Å². The van der Waals surface area contributed by atoms with E-state index < -0.39 is 38.2 Å². The van der Waals surface area contributed by atoms with Crippen molar-refractivity contribution in [3.63, 3.8) is 0 Å². The number of piperidine rings is 1. The highest BCUT2D eigenvalue weighted by molar-refractivity contribution is 7.92. The number of hydrogen-bond donors (Lipinski definition) is 5. The van der Waals surface area contributed by atoms with E-state index in [1.54, 1.807) is 12.1 Å². The molecule has 5 N–H and O–H groups in total. The zero-order valence-electron chi connectivity index (χ0n) is 21.5. The van der Waals surface area contributed by atoms with Crippen molar-refractivity contribution in [1.82, 2.24) is 9.62 Å². The standard InChI is InChI=1S/C25H34N4O8S2/c1-38(34,35)27-21-15-17(4-9-23(21)30)24(31)16-26-18-10-13-28(14-11-18)19-5-7-20(8-6-19)39(36,37)29-12-2-3-22(29)25(32)33/h4-9,15,18,22,24,26-27,30-31H,2-3,10-14,16H2,1H3,(H,32,33)/t22-,24-/m0/s1.